The van der Waals surface area contributed by atoms with Crippen molar-refractivity contribution in [3.63, 3.8) is 0 Å². The van der Waals surface area contributed by atoms with Crippen molar-refractivity contribution in [3.05, 3.63) is 148 Å². The third-order valence-corrected chi connectivity index (χ3v) is 8.35. The number of ether oxygens (including phenoxy) is 2. The van der Waals surface area contributed by atoms with E-state index in [0.717, 1.165) is 40.3 Å². The molecule has 5 aromatic rings. The molecule has 2 aliphatic rings. The van der Waals surface area contributed by atoms with Crippen LogP contribution in [-0.4, -0.2) is 12.5 Å². The molecule has 0 saturated carbocycles. The summed E-state index contributed by atoms with van der Waals surface area (Å²) in [5.74, 6) is 0.707. The highest BCUT2D eigenvalue weighted by atomic mass is 35.5. The van der Waals surface area contributed by atoms with Gasteiger partial charge in [0.25, 0.3) is 0 Å². The molecule has 0 aromatic heterocycles. The first-order valence-electron chi connectivity index (χ1n) is 14.1. The fraction of sp³-hybridized carbons (Fsp3) is 0.139. The van der Waals surface area contributed by atoms with Crippen LogP contribution in [0.5, 0.6) is 11.5 Å². The largest absolute Gasteiger partial charge is 0.455 e. The van der Waals surface area contributed by atoms with Crippen LogP contribution in [-0.2, 0) is 16.9 Å². The van der Waals surface area contributed by atoms with E-state index in [4.69, 9.17) is 21.1 Å². The Hall–Kier alpha value is -4.74. The minimum Gasteiger partial charge on any atom is -0.455 e. The van der Waals surface area contributed by atoms with Crippen LogP contribution in [0.25, 0.3) is 0 Å². The molecule has 0 amide bonds. The summed E-state index contributed by atoms with van der Waals surface area (Å²) in [6.07, 6.45) is 0. The molecule has 5 nitrogen and oxygen atoms in total. The Morgan fingerprint density at radius 2 is 1.55 bits per heavy atom. The van der Waals surface area contributed by atoms with Crippen LogP contribution in [0.2, 0.25) is 5.02 Å². The standard InChI is InChI=1S/C36H29ClN2O3/c1-3-39(26-15-13-23(2)14-16-26)27-17-18-30-33(21-27)41-34-31(36(30)29-12-8-7-11-28(29)35(40)42-36)19-25(20-32(34)37)38-22-24-9-5-4-6-10-24/h4-21,38H,3,22H2,1-2H3. The minimum absolute atomic E-state index is 0.373. The Labute approximate surface area is 250 Å². The molecular weight excluding hydrogens is 544 g/mol. The van der Waals surface area contributed by atoms with Gasteiger partial charge in [0.1, 0.15) is 5.75 Å². The lowest BCUT2D eigenvalue weighted by atomic mass is 9.77. The first-order chi connectivity index (χ1) is 20.5. The highest BCUT2D eigenvalue weighted by Gasteiger charge is 2.54. The number of hydrogen-bond donors (Lipinski definition) is 1. The highest BCUT2D eigenvalue weighted by Crippen LogP contribution is 2.58. The van der Waals surface area contributed by atoms with Crippen LogP contribution < -0.4 is 15.0 Å². The number of fused-ring (bicyclic) bond motifs is 6. The van der Waals surface area contributed by atoms with Crippen molar-refractivity contribution in [1.82, 2.24) is 0 Å². The topological polar surface area (TPSA) is 50.8 Å². The zero-order valence-corrected chi connectivity index (χ0v) is 24.1. The lowest BCUT2D eigenvalue weighted by Gasteiger charge is -2.38. The molecule has 2 heterocycles. The summed E-state index contributed by atoms with van der Waals surface area (Å²) in [6, 6.07) is 36.1. The summed E-state index contributed by atoms with van der Waals surface area (Å²) < 4.78 is 13.0. The molecule has 2 aliphatic heterocycles. The van der Waals surface area contributed by atoms with Gasteiger partial charge in [-0.05, 0) is 61.9 Å². The van der Waals surface area contributed by atoms with E-state index in [1.165, 1.54) is 5.56 Å². The molecule has 6 heteroatoms. The van der Waals surface area contributed by atoms with Gasteiger partial charge in [-0.1, -0.05) is 77.8 Å². The monoisotopic (exact) mass is 572 g/mol. The van der Waals surface area contributed by atoms with Crippen LogP contribution in [0.1, 0.15) is 45.1 Å². The van der Waals surface area contributed by atoms with E-state index in [0.29, 0.717) is 34.2 Å². The Bertz CT molecular complexity index is 1820. The lowest BCUT2D eigenvalue weighted by molar-refractivity contribution is 0.0224. The van der Waals surface area contributed by atoms with Crippen molar-refractivity contribution in [2.24, 2.45) is 0 Å². The van der Waals surface area contributed by atoms with Gasteiger partial charge in [0.2, 0.25) is 0 Å². The van der Waals surface area contributed by atoms with E-state index in [1.807, 2.05) is 66.7 Å². The summed E-state index contributed by atoms with van der Waals surface area (Å²) in [4.78, 5) is 15.6. The summed E-state index contributed by atoms with van der Waals surface area (Å²) in [5.41, 5.74) is 6.75. The Kier molecular flexibility index (Phi) is 6.40. The second-order valence-corrected chi connectivity index (χ2v) is 11.1. The number of carbonyl (C=O) groups excluding carboxylic acids is 1. The molecule has 0 radical (unpaired) electrons. The van der Waals surface area contributed by atoms with Gasteiger partial charge in [-0.25, -0.2) is 4.79 Å². The zero-order valence-electron chi connectivity index (χ0n) is 23.4. The second-order valence-electron chi connectivity index (χ2n) is 10.7. The van der Waals surface area contributed by atoms with Crippen molar-refractivity contribution in [2.45, 2.75) is 26.0 Å². The number of benzene rings is 5. The molecule has 1 spiro atoms. The van der Waals surface area contributed by atoms with E-state index < -0.39 is 5.60 Å². The highest BCUT2D eigenvalue weighted by molar-refractivity contribution is 6.32. The number of aryl methyl sites for hydroxylation is 1. The van der Waals surface area contributed by atoms with Crippen LogP contribution in [0.15, 0.2) is 109 Å². The molecule has 1 atom stereocenters. The quantitative estimate of drug-likeness (QED) is 0.206. The normalized spacial score (nSPS) is 16.2. The fourth-order valence-electron chi connectivity index (χ4n) is 6.03. The van der Waals surface area contributed by atoms with Gasteiger partial charge in [0.05, 0.1) is 16.1 Å². The molecular formula is C36H29ClN2O3. The van der Waals surface area contributed by atoms with Gasteiger partial charge in [-0.15, -0.1) is 0 Å². The van der Waals surface area contributed by atoms with Crippen LogP contribution in [0, 0.1) is 6.92 Å². The van der Waals surface area contributed by atoms with Crippen LogP contribution in [0.4, 0.5) is 17.1 Å². The van der Waals surface area contributed by atoms with Gasteiger partial charge in [-0.2, -0.15) is 0 Å². The van der Waals surface area contributed by atoms with Crippen molar-refractivity contribution >= 4 is 34.6 Å². The van der Waals surface area contributed by atoms with Gasteiger partial charge < -0.3 is 19.7 Å². The molecule has 7 rings (SSSR count). The number of esters is 1. The van der Waals surface area contributed by atoms with Crippen molar-refractivity contribution in [3.8, 4) is 11.5 Å². The molecule has 42 heavy (non-hydrogen) atoms. The van der Waals surface area contributed by atoms with E-state index in [-0.39, 0.29) is 5.97 Å². The van der Waals surface area contributed by atoms with Crippen molar-refractivity contribution in [2.75, 3.05) is 16.8 Å². The summed E-state index contributed by atoms with van der Waals surface area (Å²) in [7, 11) is 0. The first kappa shape index (κ1) is 26.2. The maximum absolute atomic E-state index is 13.4. The number of carbonyl (C=O) groups is 1. The first-order valence-corrected chi connectivity index (χ1v) is 14.5. The van der Waals surface area contributed by atoms with Crippen molar-refractivity contribution < 1.29 is 14.3 Å². The lowest BCUT2D eigenvalue weighted by Crippen LogP contribution is -2.33. The molecule has 1 unspecified atom stereocenters. The summed E-state index contributed by atoms with van der Waals surface area (Å²) in [6.45, 7) is 5.58. The van der Waals surface area contributed by atoms with Gasteiger partial charge in [0.15, 0.2) is 11.4 Å². The average molecular weight is 573 g/mol. The fourth-order valence-corrected chi connectivity index (χ4v) is 6.28. The van der Waals surface area contributed by atoms with Gasteiger partial charge in [-0.3, -0.25) is 0 Å². The third-order valence-electron chi connectivity index (χ3n) is 8.06. The molecule has 0 fully saturated rings. The van der Waals surface area contributed by atoms with E-state index in [1.54, 1.807) is 0 Å². The molecule has 5 aromatic carbocycles. The predicted octanol–water partition coefficient (Wildman–Crippen LogP) is 8.99. The van der Waals surface area contributed by atoms with Gasteiger partial charge >= 0.3 is 5.97 Å². The summed E-state index contributed by atoms with van der Waals surface area (Å²) >= 11 is 6.95. The Morgan fingerprint density at radius 3 is 2.33 bits per heavy atom. The minimum atomic E-state index is -1.20. The predicted molar refractivity (Wildman–Crippen MR) is 167 cm³/mol. The Morgan fingerprint density at radius 1 is 0.810 bits per heavy atom. The Balaban J connectivity index is 1.38. The van der Waals surface area contributed by atoms with Crippen LogP contribution >= 0.6 is 11.6 Å². The second kappa shape index (κ2) is 10.3. The van der Waals surface area contributed by atoms with E-state index >= 15 is 0 Å². The maximum Gasteiger partial charge on any atom is 0.340 e. The summed E-state index contributed by atoms with van der Waals surface area (Å²) in [5, 5.41) is 3.92. The third kappa shape index (κ3) is 4.20. The van der Waals surface area contributed by atoms with E-state index in [9.17, 15) is 4.79 Å². The SMILES string of the molecule is CCN(c1ccc(C)cc1)c1ccc2c(c1)Oc1c(Cl)cc(NCc3ccccc3)cc1C21OC(=O)c2ccccc21. The molecule has 0 aliphatic carbocycles. The van der Waals surface area contributed by atoms with Crippen LogP contribution in [0.3, 0.4) is 0 Å². The smallest absolute Gasteiger partial charge is 0.340 e. The molecule has 0 bridgehead atoms. The van der Waals surface area contributed by atoms with E-state index in [2.05, 4.69) is 66.5 Å². The average Bonchev–Trinajstić information content (AvgIpc) is 3.31. The number of halogens is 1. The zero-order chi connectivity index (χ0) is 28.8. The molecule has 0 saturated heterocycles. The number of anilines is 3. The molecule has 208 valence electrons. The number of rotatable bonds is 6. The number of nitrogens with one attached hydrogen (secondary N) is 1. The maximum atomic E-state index is 13.4. The van der Waals surface area contributed by atoms with Gasteiger partial charge in [0, 0.05) is 47.3 Å². The van der Waals surface area contributed by atoms with Crippen molar-refractivity contribution in [1.29, 1.82) is 0 Å². The number of hydrogen-bond acceptors (Lipinski definition) is 5. The number of nitrogens with zero attached hydrogens (tertiary/aromatic N) is 1. The molecule has 1 N–H and O–H groups in total.